The standard InChI is InChI=1S/C15H17BrN2O3/c1-2-20-13-5-3-4-6-14(13)21-8-7-18-10-11(17)9-12(16)15(18)19/h3-6,9-10H,2,7-8,17H2,1H3. The predicted molar refractivity (Wildman–Crippen MR) is 85.9 cm³/mol. The molecular formula is C15H17BrN2O3. The van der Waals surface area contributed by atoms with Crippen molar-refractivity contribution in [3.8, 4) is 11.5 Å². The van der Waals surface area contributed by atoms with Crippen LogP contribution in [0.25, 0.3) is 0 Å². The lowest BCUT2D eigenvalue weighted by molar-refractivity contribution is 0.265. The van der Waals surface area contributed by atoms with Crippen molar-refractivity contribution in [1.29, 1.82) is 0 Å². The van der Waals surface area contributed by atoms with Crippen molar-refractivity contribution in [2.24, 2.45) is 0 Å². The molecule has 1 heterocycles. The second-order valence-electron chi connectivity index (χ2n) is 4.35. The zero-order valence-corrected chi connectivity index (χ0v) is 13.3. The normalized spacial score (nSPS) is 10.4. The fraction of sp³-hybridized carbons (Fsp3) is 0.267. The van der Waals surface area contributed by atoms with E-state index in [1.807, 2.05) is 31.2 Å². The van der Waals surface area contributed by atoms with Crippen LogP contribution >= 0.6 is 15.9 Å². The molecule has 0 spiro atoms. The quantitative estimate of drug-likeness (QED) is 0.867. The molecule has 0 aliphatic heterocycles. The van der Waals surface area contributed by atoms with Crippen LogP contribution in [0.3, 0.4) is 0 Å². The zero-order valence-electron chi connectivity index (χ0n) is 11.7. The number of aromatic nitrogens is 1. The minimum Gasteiger partial charge on any atom is -0.490 e. The zero-order chi connectivity index (χ0) is 15.2. The van der Waals surface area contributed by atoms with E-state index in [-0.39, 0.29) is 5.56 Å². The van der Waals surface area contributed by atoms with E-state index in [1.165, 1.54) is 4.57 Å². The first kappa shape index (κ1) is 15.4. The van der Waals surface area contributed by atoms with Gasteiger partial charge >= 0.3 is 0 Å². The Bertz CT molecular complexity index is 670. The van der Waals surface area contributed by atoms with Gasteiger partial charge in [0, 0.05) is 11.9 Å². The van der Waals surface area contributed by atoms with E-state index in [2.05, 4.69) is 15.9 Å². The molecule has 21 heavy (non-hydrogen) atoms. The first-order valence-corrected chi connectivity index (χ1v) is 7.41. The van der Waals surface area contributed by atoms with E-state index in [9.17, 15) is 4.79 Å². The molecule has 5 nitrogen and oxygen atoms in total. The average molecular weight is 353 g/mol. The summed E-state index contributed by atoms with van der Waals surface area (Å²) in [5, 5.41) is 0. The van der Waals surface area contributed by atoms with Gasteiger partial charge in [0.15, 0.2) is 11.5 Å². The summed E-state index contributed by atoms with van der Waals surface area (Å²) < 4.78 is 13.1. The predicted octanol–water partition coefficient (Wildman–Crippen LogP) is 2.67. The Labute approximate surface area is 131 Å². The SMILES string of the molecule is CCOc1ccccc1OCCn1cc(N)cc(Br)c1=O. The molecule has 0 amide bonds. The molecule has 0 bridgehead atoms. The van der Waals surface area contributed by atoms with Gasteiger partial charge in [-0.05, 0) is 41.1 Å². The lowest BCUT2D eigenvalue weighted by atomic mass is 10.3. The molecule has 0 fully saturated rings. The number of nitrogens with two attached hydrogens (primary N) is 1. The lowest BCUT2D eigenvalue weighted by Gasteiger charge is -2.12. The Kier molecular flexibility index (Phi) is 5.27. The van der Waals surface area contributed by atoms with Gasteiger partial charge in [0.25, 0.3) is 5.56 Å². The molecule has 0 radical (unpaired) electrons. The summed E-state index contributed by atoms with van der Waals surface area (Å²) in [6.07, 6.45) is 1.60. The fourth-order valence-electron chi connectivity index (χ4n) is 1.89. The summed E-state index contributed by atoms with van der Waals surface area (Å²) in [7, 11) is 0. The van der Waals surface area contributed by atoms with Crippen molar-refractivity contribution in [3.05, 3.63) is 51.4 Å². The van der Waals surface area contributed by atoms with Crippen LogP contribution in [0.2, 0.25) is 0 Å². The number of benzene rings is 1. The second kappa shape index (κ2) is 7.17. The van der Waals surface area contributed by atoms with Crippen LogP contribution in [-0.2, 0) is 6.54 Å². The van der Waals surface area contributed by atoms with Crippen LogP contribution in [0.15, 0.2) is 45.8 Å². The molecule has 2 rings (SSSR count). The van der Waals surface area contributed by atoms with Crippen LogP contribution < -0.4 is 20.8 Å². The highest BCUT2D eigenvalue weighted by Crippen LogP contribution is 2.26. The molecule has 0 aliphatic rings. The number of ether oxygens (including phenoxy) is 2. The third kappa shape index (κ3) is 4.01. The third-order valence-corrected chi connectivity index (χ3v) is 3.37. The first-order valence-electron chi connectivity index (χ1n) is 6.62. The number of para-hydroxylation sites is 2. The molecule has 1 aromatic heterocycles. The molecular weight excluding hydrogens is 336 g/mol. The van der Waals surface area contributed by atoms with Gasteiger partial charge in [0.05, 0.1) is 17.6 Å². The average Bonchev–Trinajstić information content (AvgIpc) is 2.46. The second-order valence-corrected chi connectivity index (χ2v) is 5.20. The number of pyridine rings is 1. The molecule has 1 aromatic carbocycles. The van der Waals surface area contributed by atoms with Crippen molar-refractivity contribution < 1.29 is 9.47 Å². The smallest absolute Gasteiger partial charge is 0.265 e. The van der Waals surface area contributed by atoms with Gasteiger partial charge in [0.1, 0.15) is 6.61 Å². The van der Waals surface area contributed by atoms with Crippen LogP contribution in [0.4, 0.5) is 5.69 Å². The number of hydrogen-bond acceptors (Lipinski definition) is 4. The molecule has 2 aromatic rings. The molecule has 112 valence electrons. The number of anilines is 1. The van der Waals surface area contributed by atoms with Crippen molar-refractivity contribution >= 4 is 21.6 Å². The minimum atomic E-state index is -0.133. The largest absolute Gasteiger partial charge is 0.490 e. The van der Waals surface area contributed by atoms with Gasteiger partial charge in [-0.2, -0.15) is 0 Å². The Balaban J connectivity index is 2.04. The maximum Gasteiger partial charge on any atom is 0.265 e. The number of hydrogen-bond donors (Lipinski definition) is 1. The van der Waals surface area contributed by atoms with E-state index >= 15 is 0 Å². The summed E-state index contributed by atoms with van der Waals surface area (Å²) >= 11 is 3.19. The van der Waals surface area contributed by atoms with E-state index in [0.29, 0.717) is 41.4 Å². The molecule has 0 atom stereocenters. The highest BCUT2D eigenvalue weighted by molar-refractivity contribution is 9.10. The third-order valence-electron chi connectivity index (χ3n) is 2.80. The van der Waals surface area contributed by atoms with Gasteiger partial charge < -0.3 is 19.8 Å². The highest BCUT2D eigenvalue weighted by Gasteiger charge is 2.05. The Morgan fingerprint density at radius 3 is 2.57 bits per heavy atom. The maximum absolute atomic E-state index is 11.9. The monoisotopic (exact) mass is 352 g/mol. The topological polar surface area (TPSA) is 66.5 Å². The first-order chi connectivity index (χ1) is 10.1. The highest BCUT2D eigenvalue weighted by atomic mass is 79.9. The van der Waals surface area contributed by atoms with E-state index in [0.717, 1.165) is 0 Å². The molecule has 0 aliphatic carbocycles. The maximum atomic E-state index is 11.9. The lowest BCUT2D eigenvalue weighted by Crippen LogP contribution is -2.23. The van der Waals surface area contributed by atoms with Crippen LogP contribution in [-0.4, -0.2) is 17.8 Å². The van der Waals surface area contributed by atoms with E-state index in [1.54, 1.807) is 12.3 Å². The summed E-state index contributed by atoms with van der Waals surface area (Å²) in [4.78, 5) is 11.9. The molecule has 0 unspecified atom stereocenters. The number of halogens is 1. The van der Waals surface area contributed by atoms with E-state index < -0.39 is 0 Å². The van der Waals surface area contributed by atoms with Crippen LogP contribution in [0.5, 0.6) is 11.5 Å². The van der Waals surface area contributed by atoms with Gasteiger partial charge in [0.2, 0.25) is 0 Å². The number of rotatable bonds is 6. The molecule has 2 N–H and O–H groups in total. The molecule has 6 heteroatoms. The van der Waals surface area contributed by atoms with Gasteiger partial charge in [-0.1, -0.05) is 12.1 Å². The van der Waals surface area contributed by atoms with Gasteiger partial charge in [-0.25, -0.2) is 0 Å². The summed E-state index contributed by atoms with van der Waals surface area (Å²) in [5.74, 6) is 1.36. The Morgan fingerprint density at radius 2 is 1.90 bits per heavy atom. The van der Waals surface area contributed by atoms with Crippen molar-refractivity contribution in [3.63, 3.8) is 0 Å². The Morgan fingerprint density at radius 1 is 1.24 bits per heavy atom. The fourth-order valence-corrected chi connectivity index (χ4v) is 2.38. The van der Waals surface area contributed by atoms with E-state index in [4.69, 9.17) is 15.2 Å². The van der Waals surface area contributed by atoms with Crippen molar-refractivity contribution in [2.45, 2.75) is 13.5 Å². The van der Waals surface area contributed by atoms with Crippen LogP contribution in [0, 0.1) is 0 Å². The van der Waals surface area contributed by atoms with Crippen LogP contribution in [0.1, 0.15) is 6.92 Å². The number of nitrogens with zero attached hydrogens (tertiary/aromatic N) is 1. The molecule has 0 saturated carbocycles. The van der Waals surface area contributed by atoms with Crippen molar-refractivity contribution in [2.75, 3.05) is 18.9 Å². The van der Waals surface area contributed by atoms with Gasteiger partial charge in [-0.15, -0.1) is 0 Å². The molecule has 0 saturated heterocycles. The minimum absolute atomic E-state index is 0.133. The summed E-state index contributed by atoms with van der Waals surface area (Å²) in [5.41, 5.74) is 6.12. The van der Waals surface area contributed by atoms with Gasteiger partial charge in [-0.3, -0.25) is 4.79 Å². The number of nitrogen functional groups attached to an aromatic ring is 1. The summed E-state index contributed by atoms with van der Waals surface area (Å²) in [6.45, 7) is 3.24. The Hall–Kier alpha value is -1.95. The van der Waals surface area contributed by atoms with Crippen molar-refractivity contribution in [1.82, 2.24) is 4.57 Å². The summed E-state index contributed by atoms with van der Waals surface area (Å²) in [6, 6.07) is 9.04.